The van der Waals surface area contributed by atoms with Crippen molar-refractivity contribution < 1.29 is 4.79 Å². The number of hydrogen-bond donors (Lipinski definition) is 0. The van der Waals surface area contributed by atoms with Crippen molar-refractivity contribution >= 4 is 16.6 Å². The van der Waals surface area contributed by atoms with E-state index in [2.05, 4.69) is 32.1 Å². The second-order valence-corrected chi connectivity index (χ2v) is 5.94. The van der Waals surface area contributed by atoms with Gasteiger partial charge in [0.15, 0.2) is 5.78 Å². The molecule has 0 N–H and O–H groups in total. The normalized spacial score (nSPS) is 14.7. The van der Waals surface area contributed by atoms with E-state index in [9.17, 15) is 4.79 Å². The Bertz CT molecular complexity index is 762. The summed E-state index contributed by atoms with van der Waals surface area (Å²) in [4.78, 5) is 12.4. The summed E-state index contributed by atoms with van der Waals surface area (Å²) in [5.41, 5.74) is 5.00. The van der Waals surface area contributed by atoms with Crippen LogP contribution in [0.15, 0.2) is 65.3 Å². The fourth-order valence-corrected chi connectivity index (χ4v) is 3.06. The zero-order valence-electron chi connectivity index (χ0n) is 12.6. The van der Waals surface area contributed by atoms with E-state index in [-0.39, 0.29) is 5.78 Å². The van der Waals surface area contributed by atoms with Crippen molar-refractivity contribution in [2.24, 2.45) is 0 Å². The third kappa shape index (κ3) is 2.97. The molecule has 3 rings (SSSR count). The molecule has 0 saturated heterocycles. The maximum atomic E-state index is 12.4. The monoisotopic (exact) mass is 276 g/mol. The third-order valence-electron chi connectivity index (χ3n) is 4.24. The minimum atomic E-state index is 0.241. The van der Waals surface area contributed by atoms with Gasteiger partial charge in [-0.15, -0.1) is 0 Å². The fraction of sp³-hybridized carbons (Fsp3) is 0.250. The predicted octanol–water partition coefficient (Wildman–Crippen LogP) is 5.47. The summed E-state index contributed by atoms with van der Waals surface area (Å²) in [5, 5.41) is 2.32. The number of hydrogen-bond acceptors (Lipinski definition) is 1. The van der Waals surface area contributed by atoms with E-state index in [0.717, 1.165) is 23.8 Å². The van der Waals surface area contributed by atoms with E-state index in [4.69, 9.17) is 0 Å². The molecule has 0 bridgehead atoms. The second kappa shape index (κ2) is 5.69. The van der Waals surface area contributed by atoms with Crippen molar-refractivity contribution in [1.82, 2.24) is 0 Å². The lowest BCUT2D eigenvalue weighted by atomic mass is 9.98. The van der Waals surface area contributed by atoms with Crippen molar-refractivity contribution in [2.45, 2.75) is 33.1 Å². The second-order valence-electron chi connectivity index (χ2n) is 5.94. The summed E-state index contributed by atoms with van der Waals surface area (Å²) in [6.45, 7) is 4.30. The molecule has 0 unspecified atom stereocenters. The first-order valence-corrected chi connectivity index (χ1v) is 7.51. The first-order valence-electron chi connectivity index (χ1n) is 7.51. The number of ketones is 1. The topological polar surface area (TPSA) is 17.1 Å². The summed E-state index contributed by atoms with van der Waals surface area (Å²) in [6.07, 6.45) is 4.75. The highest BCUT2D eigenvalue weighted by Gasteiger charge is 2.13. The van der Waals surface area contributed by atoms with Crippen molar-refractivity contribution in [1.29, 1.82) is 0 Å². The highest BCUT2D eigenvalue weighted by atomic mass is 16.1. The summed E-state index contributed by atoms with van der Waals surface area (Å²) >= 11 is 0. The molecule has 0 radical (unpaired) electrons. The van der Waals surface area contributed by atoms with Gasteiger partial charge in [0.1, 0.15) is 0 Å². The Labute approximate surface area is 126 Å². The molecule has 0 atom stereocenters. The van der Waals surface area contributed by atoms with Crippen LogP contribution in [0.3, 0.4) is 0 Å². The molecular formula is C20H20O. The third-order valence-corrected chi connectivity index (χ3v) is 4.24. The van der Waals surface area contributed by atoms with Gasteiger partial charge in [0.2, 0.25) is 0 Å². The van der Waals surface area contributed by atoms with E-state index in [1.54, 1.807) is 0 Å². The minimum Gasteiger partial charge on any atom is -0.294 e. The quantitative estimate of drug-likeness (QED) is 0.677. The van der Waals surface area contributed by atoms with Crippen LogP contribution in [0.25, 0.3) is 10.8 Å². The lowest BCUT2D eigenvalue weighted by Crippen LogP contribution is -2.00. The highest BCUT2D eigenvalue weighted by molar-refractivity contribution is 6.00. The first-order chi connectivity index (χ1) is 10.1. The first kappa shape index (κ1) is 13.8. The van der Waals surface area contributed by atoms with Crippen LogP contribution in [0.1, 0.15) is 43.5 Å². The summed E-state index contributed by atoms with van der Waals surface area (Å²) in [6, 6.07) is 14.2. The van der Waals surface area contributed by atoms with Gasteiger partial charge in [-0.25, -0.2) is 0 Å². The Kier molecular flexibility index (Phi) is 3.74. The van der Waals surface area contributed by atoms with Crippen LogP contribution in [-0.4, -0.2) is 5.78 Å². The van der Waals surface area contributed by atoms with Gasteiger partial charge < -0.3 is 0 Å². The van der Waals surface area contributed by atoms with Crippen molar-refractivity contribution in [3.05, 3.63) is 70.8 Å². The largest absolute Gasteiger partial charge is 0.294 e. The molecular weight excluding hydrogens is 256 g/mol. The van der Waals surface area contributed by atoms with E-state index in [0.29, 0.717) is 6.42 Å². The Hall–Kier alpha value is -2.15. The Morgan fingerprint density at radius 1 is 1.05 bits per heavy atom. The van der Waals surface area contributed by atoms with Gasteiger partial charge in [-0.2, -0.15) is 0 Å². The predicted molar refractivity (Wildman–Crippen MR) is 88.6 cm³/mol. The summed E-state index contributed by atoms with van der Waals surface area (Å²) < 4.78 is 0. The molecule has 1 aliphatic rings. The smallest absolute Gasteiger partial charge is 0.163 e. The van der Waals surface area contributed by atoms with Crippen molar-refractivity contribution in [3.8, 4) is 0 Å². The maximum absolute atomic E-state index is 12.4. The molecule has 0 heterocycles. The van der Waals surface area contributed by atoms with Gasteiger partial charge in [-0.05, 0) is 43.5 Å². The molecule has 1 nitrogen and oxygen atoms in total. The number of benzene rings is 2. The maximum Gasteiger partial charge on any atom is 0.163 e. The van der Waals surface area contributed by atoms with Gasteiger partial charge in [-0.3, -0.25) is 4.79 Å². The van der Waals surface area contributed by atoms with Gasteiger partial charge in [0.05, 0.1) is 0 Å². The standard InChI is InChI=1S/C20H20O/c1-14-11-15(2)17(12-14)9-10-20(21)19-8-7-16-5-3-4-6-18(16)13-19/h3-8,11,13H,9-10,12H2,1-2H3. The molecule has 0 saturated carbocycles. The SMILES string of the molecule is CC1=CC(C)=C(CCC(=O)c2ccc3ccccc3c2)C1. The molecule has 1 heteroatoms. The summed E-state index contributed by atoms with van der Waals surface area (Å²) in [7, 11) is 0. The number of carbonyl (C=O) groups excluding carboxylic acids is 1. The van der Waals surface area contributed by atoms with Crippen LogP contribution < -0.4 is 0 Å². The van der Waals surface area contributed by atoms with Crippen LogP contribution in [0.4, 0.5) is 0 Å². The average Bonchev–Trinajstić information content (AvgIpc) is 2.82. The van der Waals surface area contributed by atoms with Crippen LogP contribution in [0.2, 0.25) is 0 Å². The zero-order valence-corrected chi connectivity index (χ0v) is 12.6. The van der Waals surface area contributed by atoms with Crippen LogP contribution in [0, 0.1) is 0 Å². The zero-order chi connectivity index (χ0) is 14.8. The van der Waals surface area contributed by atoms with Gasteiger partial charge >= 0.3 is 0 Å². The lowest BCUT2D eigenvalue weighted by Gasteiger charge is -2.06. The minimum absolute atomic E-state index is 0.241. The summed E-state index contributed by atoms with van der Waals surface area (Å²) in [5.74, 6) is 0.241. The van der Waals surface area contributed by atoms with Crippen molar-refractivity contribution in [3.63, 3.8) is 0 Å². The molecule has 0 aliphatic heterocycles. The Balaban J connectivity index is 1.71. The highest BCUT2D eigenvalue weighted by Crippen LogP contribution is 2.28. The molecule has 2 aromatic carbocycles. The van der Waals surface area contributed by atoms with Gasteiger partial charge in [0, 0.05) is 12.0 Å². The molecule has 0 spiro atoms. The fourth-order valence-electron chi connectivity index (χ4n) is 3.06. The molecule has 0 aromatic heterocycles. The Morgan fingerprint density at radius 3 is 2.52 bits per heavy atom. The van der Waals surface area contributed by atoms with E-state index < -0.39 is 0 Å². The van der Waals surface area contributed by atoms with Gasteiger partial charge in [-0.1, -0.05) is 59.2 Å². The molecule has 1 aliphatic carbocycles. The van der Waals surface area contributed by atoms with E-state index in [1.165, 1.54) is 22.1 Å². The lowest BCUT2D eigenvalue weighted by molar-refractivity contribution is 0.0983. The van der Waals surface area contributed by atoms with E-state index in [1.807, 2.05) is 30.3 Å². The number of Topliss-reactive ketones (excluding diaryl/α,β-unsaturated/α-hetero) is 1. The number of allylic oxidation sites excluding steroid dienone is 4. The van der Waals surface area contributed by atoms with Gasteiger partial charge in [0.25, 0.3) is 0 Å². The number of rotatable bonds is 4. The Morgan fingerprint density at radius 2 is 1.81 bits per heavy atom. The number of carbonyl (C=O) groups is 1. The average molecular weight is 276 g/mol. The van der Waals surface area contributed by atoms with Crippen LogP contribution >= 0.6 is 0 Å². The van der Waals surface area contributed by atoms with Crippen LogP contribution in [0.5, 0.6) is 0 Å². The number of fused-ring (bicyclic) bond motifs is 1. The molecule has 0 fully saturated rings. The van der Waals surface area contributed by atoms with E-state index >= 15 is 0 Å². The molecule has 2 aromatic rings. The molecule has 21 heavy (non-hydrogen) atoms. The van der Waals surface area contributed by atoms with Crippen LogP contribution in [-0.2, 0) is 0 Å². The molecule has 0 amide bonds. The molecule has 106 valence electrons. The van der Waals surface area contributed by atoms with Crippen molar-refractivity contribution in [2.75, 3.05) is 0 Å².